The number of hydrogen-bond donors (Lipinski definition) is 2. The van der Waals surface area contributed by atoms with Crippen molar-refractivity contribution in [3.05, 3.63) is 28.7 Å². The van der Waals surface area contributed by atoms with Crippen molar-refractivity contribution >= 4 is 21.6 Å². The van der Waals surface area contributed by atoms with E-state index in [-0.39, 0.29) is 0 Å². The summed E-state index contributed by atoms with van der Waals surface area (Å²) in [6.07, 6.45) is 0. The molecule has 0 aliphatic rings. The maximum absolute atomic E-state index is 9.46. The highest BCUT2D eigenvalue weighted by Gasteiger charge is 2.10. The summed E-state index contributed by atoms with van der Waals surface area (Å²) in [7, 11) is 0. The predicted octanol–water partition coefficient (Wildman–Crippen LogP) is 2.63. The van der Waals surface area contributed by atoms with Crippen molar-refractivity contribution in [2.75, 3.05) is 11.9 Å². The molecule has 0 unspecified atom stereocenters. The Balaban J connectivity index is 2.51. The predicted molar refractivity (Wildman–Crippen MR) is 58.9 cm³/mol. The molecule has 0 bridgehead atoms. The summed E-state index contributed by atoms with van der Waals surface area (Å²) in [5.74, 6) is 0. The maximum atomic E-state index is 9.46. The number of benzene rings is 1. The second-order valence-electron chi connectivity index (χ2n) is 3.67. The molecule has 0 saturated carbocycles. The lowest BCUT2D eigenvalue weighted by Gasteiger charge is -2.18. The van der Waals surface area contributed by atoms with Crippen molar-refractivity contribution in [1.29, 1.82) is 0 Å². The zero-order valence-corrected chi connectivity index (χ0v) is 9.43. The van der Waals surface area contributed by atoms with Gasteiger partial charge in [-0.3, -0.25) is 0 Å². The van der Waals surface area contributed by atoms with E-state index in [1.165, 1.54) is 0 Å². The summed E-state index contributed by atoms with van der Waals surface area (Å²) in [5, 5.41) is 12.6. The first-order valence-electron chi connectivity index (χ1n) is 4.19. The number of rotatable bonds is 3. The van der Waals surface area contributed by atoms with Crippen LogP contribution in [0.1, 0.15) is 13.8 Å². The molecule has 0 aromatic heterocycles. The lowest BCUT2D eigenvalue weighted by molar-refractivity contribution is 0.0945. The van der Waals surface area contributed by atoms with E-state index in [2.05, 4.69) is 21.2 Å². The molecular formula is C10H14BrNO. The van der Waals surface area contributed by atoms with Gasteiger partial charge in [0.25, 0.3) is 0 Å². The third-order valence-corrected chi connectivity index (χ3v) is 2.10. The highest BCUT2D eigenvalue weighted by molar-refractivity contribution is 9.10. The van der Waals surface area contributed by atoms with E-state index in [4.69, 9.17) is 0 Å². The van der Waals surface area contributed by atoms with Crippen LogP contribution in [0.15, 0.2) is 28.7 Å². The van der Waals surface area contributed by atoms with E-state index < -0.39 is 5.60 Å². The van der Waals surface area contributed by atoms with E-state index >= 15 is 0 Å². The van der Waals surface area contributed by atoms with Crippen molar-refractivity contribution < 1.29 is 5.11 Å². The Bertz CT molecular complexity index is 263. The molecule has 0 amide bonds. The van der Waals surface area contributed by atoms with Gasteiger partial charge in [-0.2, -0.15) is 0 Å². The van der Waals surface area contributed by atoms with E-state index in [1.807, 2.05) is 24.3 Å². The zero-order chi connectivity index (χ0) is 9.90. The normalized spacial score (nSPS) is 11.4. The van der Waals surface area contributed by atoms with Crippen LogP contribution < -0.4 is 5.32 Å². The molecule has 0 fully saturated rings. The molecule has 0 aliphatic carbocycles. The van der Waals surface area contributed by atoms with Crippen LogP contribution in [0.25, 0.3) is 0 Å². The van der Waals surface area contributed by atoms with Gasteiger partial charge in [-0.05, 0) is 38.1 Å². The molecule has 0 radical (unpaired) electrons. The Morgan fingerprint density at radius 2 is 1.85 bits per heavy atom. The molecule has 0 aliphatic heterocycles. The van der Waals surface area contributed by atoms with Crippen LogP contribution in [0.3, 0.4) is 0 Å². The van der Waals surface area contributed by atoms with Crippen LogP contribution in [-0.4, -0.2) is 17.3 Å². The summed E-state index contributed by atoms with van der Waals surface area (Å²) in [6.45, 7) is 4.10. The van der Waals surface area contributed by atoms with Gasteiger partial charge < -0.3 is 10.4 Å². The number of nitrogens with one attached hydrogen (secondary N) is 1. The summed E-state index contributed by atoms with van der Waals surface area (Å²) >= 11 is 3.36. The van der Waals surface area contributed by atoms with Crippen molar-refractivity contribution in [2.45, 2.75) is 19.4 Å². The van der Waals surface area contributed by atoms with Gasteiger partial charge in [0, 0.05) is 16.7 Å². The Morgan fingerprint density at radius 1 is 1.31 bits per heavy atom. The van der Waals surface area contributed by atoms with Gasteiger partial charge in [0.1, 0.15) is 0 Å². The summed E-state index contributed by atoms with van der Waals surface area (Å²) < 4.78 is 1.06. The quantitative estimate of drug-likeness (QED) is 0.856. The Kier molecular flexibility index (Phi) is 3.33. The molecule has 0 spiro atoms. The van der Waals surface area contributed by atoms with Gasteiger partial charge in [-0.15, -0.1) is 0 Å². The van der Waals surface area contributed by atoms with Crippen LogP contribution in [0.5, 0.6) is 0 Å². The number of anilines is 1. The smallest absolute Gasteiger partial charge is 0.0763 e. The average molecular weight is 244 g/mol. The summed E-state index contributed by atoms with van der Waals surface area (Å²) in [4.78, 5) is 0. The molecule has 2 N–H and O–H groups in total. The molecule has 1 rings (SSSR count). The minimum absolute atomic E-state index is 0.550. The molecule has 0 saturated heterocycles. The van der Waals surface area contributed by atoms with Crippen molar-refractivity contribution in [3.63, 3.8) is 0 Å². The van der Waals surface area contributed by atoms with E-state index in [1.54, 1.807) is 13.8 Å². The standard InChI is InChI=1S/C10H14BrNO/c1-10(2,13)7-12-9-5-3-8(11)4-6-9/h3-6,12-13H,7H2,1-2H3. The fraction of sp³-hybridized carbons (Fsp3) is 0.400. The Hall–Kier alpha value is -0.540. The fourth-order valence-corrected chi connectivity index (χ4v) is 1.15. The van der Waals surface area contributed by atoms with E-state index in [0.717, 1.165) is 10.2 Å². The second kappa shape index (κ2) is 4.11. The monoisotopic (exact) mass is 243 g/mol. The molecule has 0 atom stereocenters. The van der Waals surface area contributed by atoms with Gasteiger partial charge in [-0.25, -0.2) is 0 Å². The van der Waals surface area contributed by atoms with Crippen molar-refractivity contribution in [3.8, 4) is 0 Å². The largest absolute Gasteiger partial charge is 0.389 e. The third-order valence-electron chi connectivity index (χ3n) is 1.57. The minimum atomic E-state index is -0.674. The average Bonchev–Trinajstić information content (AvgIpc) is 2.02. The molecular weight excluding hydrogens is 230 g/mol. The number of hydrogen-bond acceptors (Lipinski definition) is 2. The van der Waals surface area contributed by atoms with Crippen molar-refractivity contribution in [1.82, 2.24) is 0 Å². The molecule has 1 aromatic carbocycles. The third kappa shape index (κ3) is 4.29. The summed E-state index contributed by atoms with van der Waals surface area (Å²) in [6, 6.07) is 7.87. The first-order valence-corrected chi connectivity index (χ1v) is 4.98. The molecule has 1 aromatic rings. The molecule has 3 heteroatoms. The zero-order valence-electron chi connectivity index (χ0n) is 7.84. The van der Waals surface area contributed by atoms with Crippen LogP contribution >= 0.6 is 15.9 Å². The van der Waals surface area contributed by atoms with Gasteiger partial charge in [-0.1, -0.05) is 15.9 Å². The van der Waals surface area contributed by atoms with Gasteiger partial charge in [0.05, 0.1) is 5.60 Å². The maximum Gasteiger partial charge on any atom is 0.0763 e. The Morgan fingerprint density at radius 3 is 2.31 bits per heavy atom. The first-order chi connectivity index (χ1) is 5.97. The van der Waals surface area contributed by atoms with Gasteiger partial charge >= 0.3 is 0 Å². The highest BCUT2D eigenvalue weighted by Crippen LogP contribution is 2.14. The Labute approximate surface area is 87.1 Å². The fourth-order valence-electron chi connectivity index (χ4n) is 0.886. The van der Waals surface area contributed by atoms with Crippen LogP contribution in [0.2, 0.25) is 0 Å². The lowest BCUT2D eigenvalue weighted by Crippen LogP contribution is -2.29. The second-order valence-corrected chi connectivity index (χ2v) is 4.59. The first kappa shape index (κ1) is 10.5. The van der Waals surface area contributed by atoms with E-state index in [0.29, 0.717) is 6.54 Å². The molecule has 72 valence electrons. The number of halogens is 1. The molecule has 13 heavy (non-hydrogen) atoms. The lowest BCUT2D eigenvalue weighted by atomic mass is 10.1. The highest BCUT2D eigenvalue weighted by atomic mass is 79.9. The minimum Gasteiger partial charge on any atom is -0.389 e. The van der Waals surface area contributed by atoms with E-state index in [9.17, 15) is 5.11 Å². The molecule has 2 nitrogen and oxygen atoms in total. The van der Waals surface area contributed by atoms with Gasteiger partial charge in [0.2, 0.25) is 0 Å². The SMILES string of the molecule is CC(C)(O)CNc1ccc(Br)cc1. The number of aliphatic hydroxyl groups is 1. The molecule has 0 heterocycles. The summed E-state index contributed by atoms with van der Waals surface area (Å²) in [5.41, 5.74) is 0.345. The topological polar surface area (TPSA) is 32.3 Å². The van der Waals surface area contributed by atoms with Gasteiger partial charge in [0.15, 0.2) is 0 Å². The van der Waals surface area contributed by atoms with Crippen molar-refractivity contribution in [2.24, 2.45) is 0 Å². The van der Waals surface area contributed by atoms with Crippen LogP contribution in [0.4, 0.5) is 5.69 Å². The van der Waals surface area contributed by atoms with Crippen LogP contribution in [-0.2, 0) is 0 Å². The van der Waals surface area contributed by atoms with Crippen LogP contribution in [0, 0.1) is 0 Å².